The van der Waals surface area contributed by atoms with E-state index in [1.807, 2.05) is 13.8 Å². The number of nitrogens with one attached hydrogen (secondary N) is 2. The van der Waals surface area contributed by atoms with Crippen molar-refractivity contribution in [3.8, 4) is 23.0 Å². The van der Waals surface area contributed by atoms with Crippen molar-refractivity contribution in [1.82, 2.24) is 10.6 Å². The van der Waals surface area contributed by atoms with E-state index in [1.165, 1.54) is 23.5 Å². The maximum atomic E-state index is 12.0. The van der Waals surface area contributed by atoms with Gasteiger partial charge in [-0.15, -0.1) is 23.5 Å². The van der Waals surface area contributed by atoms with Crippen molar-refractivity contribution < 1.29 is 29.3 Å². The predicted octanol–water partition coefficient (Wildman–Crippen LogP) is 3.79. The summed E-state index contributed by atoms with van der Waals surface area (Å²) in [5.74, 6) is 2.08. The van der Waals surface area contributed by atoms with Crippen molar-refractivity contribution in [3.63, 3.8) is 0 Å². The number of phenolic OH excluding ortho intramolecular Hbond substituents is 2. The number of amides is 2. The van der Waals surface area contributed by atoms with E-state index in [1.54, 1.807) is 36.4 Å². The molecule has 0 fully saturated rings. The van der Waals surface area contributed by atoms with Crippen LogP contribution >= 0.6 is 23.5 Å². The zero-order valence-corrected chi connectivity index (χ0v) is 21.1. The third kappa shape index (κ3) is 10.0. The molecular formula is C24H32N2O6S2. The van der Waals surface area contributed by atoms with Gasteiger partial charge in [0.15, 0.2) is 23.0 Å². The van der Waals surface area contributed by atoms with E-state index in [0.717, 1.165) is 9.79 Å². The van der Waals surface area contributed by atoms with Gasteiger partial charge in [0, 0.05) is 47.2 Å². The fraction of sp³-hybridized carbons (Fsp3) is 0.417. The molecule has 0 atom stereocenters. The molecule has 4 N–H and O–H groups in total. The van der Waals surface area contributed by atoms with Gasteiger partial charge in [0.2, 0.25) is 11.8 Å². The highest BCUT2D eigenvalue weighted by Crippen LogP contribution is 2.32. The Hall–Kier alpha value is -2.72. The molecular weight excluding hydrogens is 476 g/mol. The van der Waals surface area contributed by atoms with Crippen molar-refractivity contribution in [2.75, 3.05) is 37.8 Å². The molecule has 2 aromatic carbocycles. The maximum absolute atomic E-state index is 12.0. The summed E-state index contributed by atoms with van der Waals surface area (Å²) in [6.07, 6.45) is 0.687. The van der Waals surface area contributed by atoms with Crippen LogP contribution in [0.2, 0.25) is 0 Å². The minimum Gasteiger partial charge on any atom is -0.504 e. The Bertz CT molecular complexity index is 866. The van der Waals surface area contributed by atoms with Crippen molar-refractivity contribution in [2.24, 2.45) is 0 Å². The molecule has 0 aliphatic heterocycles. The van der Waals surface area contributed by atoms with E-state index in [9.17, 15) is 19.8 Å². The summed E-state index contributed by atoms with van der Waals surface area (Å²) < 4.78 is 10.7. The summed E-state index contributed by atoms with van der Waals surface area (Å²) in [7, 11) is 0. The number of hydrogen-bond donors (Lipinski definition) is 4. The van der Waals surface area contributed by atoms with E-state index in [-0.39, 0.29) is 23.3 Å². The molecule has 0 unspecified atom stereocenters. The third-order valence-corrected chi connectivity index (χ3v) is 6.42. The van der Waals surface area contributed by atoms with Gasteiger partial charge in [0.1, 0.15) is 0 Å². The number of carbonyl (C=O) groups excluding carboxylic acids is 2. The topological polar surface area (TPSA) is 117 Å². The van der Waals surface area contributed by atoms with Crippen molar-refractivity contribution in [3.05, 3.63) is 36.4 Å². The first-order valence-corrected chi connectivity index (χ1v) is 13.1. The van der Waals surface area contributed by atoms with Crippen LogP contribution < -0.4 is 20.1 Å². The van der Waals surface area contributed by atoms with E-state index < -0.39 is 0 Å². The van der Waals surface area contributed by atoms with E-state index in [2.05, 4.69) is 10.6 Å². The van der Waals surface area contributed by atoms with Crippen LogP contribution in [0, 0.1) is 0 Å². The largest absolute Gasteiger partial charge is 0.504 e. The predicted molar refractivity (Wildman–Crippen MR) is 135 cm³/mol. The Morgan fingerprint density at radius 1 is 0.765 bits per heavy atom. The zero-order chi connectivity index (χ0) is 24.8. The van der Waals surface area contributed by atoms with Gasteiger partial charge >= 0.3 is 0 Å². The Balaban J connectivity index is 1.56. The molecule has 10 heteroatoms. The maximum Gasteiger partial charge on any atom is 0.220 e. The summed E-state index contributed by atoms with van der Waals surface area (Å²) in [5, 5.41) is 25.1. The monoisotopic (exact) mass is 508 g/mol. The first-order chi connectivity index (χ1) is 16.4. The van der Waals surface area contributed by atoms with Gasteiger partial charge in [0.25, 0.3) is 0 Å². The quantitative estimate of drug-likeness (QED) is 0.212. The van der Waals surface area contributed by atoms with Crippen LogP contribution in [0.5, 0.6) is 23.0 Å². The van der Waals surface area contributed by atoms with E-state index >= 15 is 0 Å². The molecule has 2 amide bonds. The van der Waals surface area contributed by atoms with Crippen molar-refractivity contribution in [1.29, 1.82) is 0 Å². The molecule has 0 saturated heterocycles. The number of aromatic hydroxyl groups is 2. The van der Waals surface area contributed by atoms with Crippen LogP contribution in [0.1, 0.15) is 26.7 Å². The Labute approximate surface area is 208 Å². The van der Waals surface area contributed by atoms with Crippen LogP contribution in [0.4, 0.5) is 0 Å². The Morgan fingerprint density at radius 2 is 1.18 bits per heavy atom. The van der Waals surface area contributed by atoms with Gasteiger partial charge in [0.05, 0.1) is 13.2 Å². The molecule has 2 aromatic rings. The van der Waals surface area contributed by atoms with E-state index in [0.29, 0.717) is 62.1 Å². The fourth-order valence-electron chi connectivity index (χ4n) is 2.81. The lowest BCUT2D eigenvalue weighted by Gasteiger charge is -2.09. The van der Waals surface area contributed by atoms with Crippen LogP contribution in [0.3, 0.4) is 0 Å². The minimum atomic E-state index is -0.0847. The summed E-state index contributed by atoms with van der Waals surface area (Å²) in [6.45, 7) is 5.36. The number of phenols is 2. The average molecular weight is 509 g/mol. The zero-order valence-electron chi connectivity index (χ0n) is 19.5. The highest BCUT2D eigenvalue weighted by Gasteiger charge is 2.08. The lowest BCUT2D eigenvalue weighted by atomic mass is 10.3. The second-order valence-electron chi connectivity index (χ2n) is 7.02. The van der Waals surface area contributed by atoms with Crippen LogP contribution in [0.25, 0.3) is 0 Å². The molecule has 186 valence electrons. The number of ether oxygens (including phenoxy) is 2. The van der Waals surface area contributed by atoms with E-state index in [4.69, 9.17) is 9.47 Å². The Kier molecular flexibility index (Phi) is 12.3. The van der Waals surface area contributed by atoms with Gasteiger partial charge in [-0.2, -0.15) is 0 Å². The molecule has 0 aliphatic carbocycles. The summed E-state index contributed by atoms with van der Waals surface area (Å²) in [5.41, 5.74) is 0. The normalized spacial score (nSPS) is 10.5. The highest BCUT2D eigenvalue weighted by molar-refractivity contribution is 7.99. The third-order valence-electron chi connectivity index (χ3n) is 4.43. The van der Waals surface area contributed by atoms with Crippen molar-refractivity contribution in [2.45, 2.75) is 36.5 Å². The Morgan fingerprint density at radius 3 is 1.56 bits per heavy atom. The molecule has 8 nitrogen and oxygen atoms in total. The second kappa shape index (κ2) is 15.2. The molecule has 0 aliphatic rings. The van der Waals surface area contributed by atoms with Crippen LogP contribution in [-0.2, 0) is 9.59 Å². The number of rotatable bonds is 15. The first-order valence-electron chi connectivity index (χ1n) is 11.1. The number of hydrogen-bond acceptors (Lipinski definition) is 8. The van der Waals surface area contributed by atoms with Gasteiger partial charge in [-0.3, -0.25) is 9.59 Å². The molecule has 0 bridgehead atoms. The molecule has 0 heterocycles. The standard InChI is InChI=1S/C24H32N2O6S2/c1-3-31-21-15-17(5-7-19(21)27)33-13-9-23(29)25-11-12-26-24(30)10-14-34-18-6-8-20(28)22(16-18)32-4-2/h5-8,15-16,27-28H,3-4,9-14H2,1-2H3,(H,25,29)(H,26,30). The van der Waals surface area contributed by atoms with Gasteiger partial charge in [-0.25, -0.2) is 0 Å². The SMILES string of the molecule is CCOc1cc(SCCC(=O)NCCNC(=O)CCSc2ccc(O)c(OCC)c2)ccc1O. The molecule has 0 aromatic heterocycles. The lowest BCUT2D eigenvalue weighted by molar-refractivity contribution is -0.122. The molecule has 0 spiro atoms. The van der Waals surface area contributed by atoms with Gasteiger partial charge < -0.3 is 30.3 Å². The second-order valence-corrected chi connectivity index (χ2v) is 9.36. The summed E-state index contributed by atoms with van der Waals surface area (Å²) >= 11 is 3.01. The molecule has 0 radical (unpaired) electrons. The van der Waals surface area contributed by atoms with Gasteiger partial charge in [-0.1, -0.05) is 0 Å². The van der Waals surface area contributed by atoms with Crippen molar-refractivity contribution >= 4 is 35.3 Å². The number of carbonyl (C=O) groups is 2. The van der Waals surface area contributed by atoms with Crippen LogP contribution in [0.15, 0.2) is 46.2 Å². The molecule has 34 heavy (non-hydrogen) atoms. The fourth-order valence-corrected chi connectivity index (χ4v) is 4.57. The number of thioether (sulfide) groups is 2. The minimum absolute atomic E-state index is 0.0847. The van der Waals surface area contributed by atoms with Gasteiger partial charge in [-0.05, 0) is 50.2 Å². The summed E-state index contributed by atoms with van der Waals surface area (Å²) in [4.78, 5) is 25.8. The van der Waals surface area contributed by atoms with Crippen LogP contribution in [-0.4, -0.2) is 59.8 Å². The molecule has 0 saturated carbocycles. The highest BCUT2D eigenvalue weighted by atomic mass is 32.2. The lowest BCUT2D eigenvalue weighted by Crippen LogP contribution is -2.34. The first kappa shape index (κ1) is 27.5. The average Bonchev–Trinajstić information content (AvgIpc) is 2.81. The summed E-state index contributed by atoms with van der Waals surface area (Å²) in [6, 6.07) is 10.2. The smallest absolute Gasteiger partial charge is 0.220 e. The number of benzene rings is 2. The molecule has 2 rings (SSSR count).